The highest BCUT2D eigenvalue weighted by Crippen LogP contribution is 2.18. The highest BCUT2D eigenvalue weighted by Gasteiger charge is 2.08. The van der Waals surface area contributed by atoms with E-state index >= 15 is 0 Å². The van der Waals surface area contributed by atoms with Crippen molar-refractivity contribution in [1.29, 1.82) is 0 Å². The van der Waals surface area contributed by atoms with Crippen LogP contribution in [0.1, 0.15) is 5.69 Å². The maximum Gasteiger partial charge on any atom is 0.238 e. The lowest BCUT2D eigenvalue weighted by molar-refractivity contribution is -0.115. The number of aryl methyl sites for hydroxylation is 2. The van der Waals surface area contributed by atoms with E-state index in [9.17, 15) is 4.79 Å². The van der Waals surface area contributed by atoms with E-state index < -0.39 is 0 Å². The molecule has 0 unspecified atom stereocenters. The first-order chi connectivity index (χ1) is 9.61. The Bertz CT molecular complexity index is 608. The summed E-state index contributed by atoms with van der Waals surface area (Å²) in [5, 5.41) is 11.0. The molecule has 1 amide bonds. The van der Waals surface area contributed by atoms with Crippen LogP contribution in [0.25, 0.3) is 11.0 Å². The number of hydrogen-bond acceptors (Lipinski definition) is 5. The zero-order valence-electron chi connectivity index (χ0n) is 11.9. The maximum absolute atomic E-state index is 11.7. The molecule has 0 atom stereocenters. The predicted molar refractivity (Wildman–Crippen MR) is 76.6 cm³/mol. The van der Waals surface area contributed by atoms with Crippen LogP contribution in [0.5, 0.6) is 0 Å². The van der Waals surface area contributed by atoms with E-state index in [0.29, 0.717) is 18.8 Å². The molecule has 2 heterocycles. The van der Waals surface area contributed by atoms with Crippen molar-refractivity contribution in [1.82, 2.24) is 20.1 Å². The lowest BCUT2D eigenvalue weighted by Gasteiger charge is -2.06. The van der Waals surface area contributed by atoms with E-state index in [2.05, 4.69) is 20.7 Å². The summed E-state index contributed by atoms with van der Waals surface area (Å²) >= 11 is 0. The minimum absolute atomic E-state index is 0.108. The molecule has 2 aromatic heterocycles. The monoisotopic (exact) mass is 277 g/mol. The minimum atomic E-state index is -0.108. The highest BCUT2D eigenvalue weighted by atomic mass is 16.5. The van der Waals surface area contributed by atoms with Crippen molar-refractivity contribution in [3.05, 3.63) is 18.0 Å². The van der Waals surface area contributed by atoms with Gasteiger partial charge in [0.2, 0.25) is 5.91 Å². The van der Waals surface area contributed by atoms with Crippen LogP contribution in [0.2, 0.25) is 0 Å². The number of methoxy groups -OCH3 is 1. The van der Waals surface area contributed by atoms with E-state index in [1.807, 2.05) is 20.0 Å². The summed E-state index contributed by atoms with van der Waals surface area (Å²) in [7, 11) is 3.47. The van der Waals surface area contributed by atoms with Crippen molar-refractivity contribution in [2.24, 2.45) is 7.05 Å². The van der Waals surface area contributed by atoms with Gasteiger partial charge in [-0.05, 0) is 13.0 Å². The van der Waals surface area contributed by atoms with Gasteiger partial charge in [0.15, 0.2) is 5.65 Å². The third-order valence-electron chi connectivity index (χ3n) is 2.92. The van der Waals surface area contributed by atoms with E-state index in [-0.39, 0.29) is 12.5 Å². The topological polar surface area (TPSA) is 81.1 Å². The molecule has 2 N–H and O–H groups in total. The molecule has 0 bridgehead atoms. The number of carbonyl (C=O) groups is 1. The third-order valence-corrected chi connectivity index (χ3v) is 2.92. The number of pyridine rings is 1. The second kappa shape index (κ2) is 6.44. The fourth-order valence-electron chi connectivity index (χ4n) is 1.96. The maximum atomic E-state index is 11.7. The number of ether oxygens (including phenoxy) is 1. The van der Waals surface area contributed by atoms with Crippen LogP contribution >= 0.6 is 0 Å². The van der Waals surface area contributed by atoms with Gasteiger partial charge in [-0.3, -0.25) is 9.48 Å². The lowest BCUT2D eigenvalue weighted by Crippen LogP contribution is -2.30. The summed E-state index contributed by atoms with van der Waals surface area (Å²) in [5.74, 6) is -0.108. The summed E-state index contributed by atoms with van der Waals surface area (Å²) in [5.41, 5.74) is 2.37. The number of rotatable bonds is 6. The largest absolute Gasteiger partial charge is 0.383 e. The molecule has 2 rings (SSSR count). The first-order valence-corrected chi connectivity index (χ1v) is 6.40. The van der Waals surface area contributed by atoms with E-state index in [0.717, 1.165) is 16.7 Å². The lowest BCUT2D eigenvalue weighted by atomic mass is 10.2. The zero-order chi connectivity index (χ0) is 14.5. The van der Waals surface area contributed by atoms with Gasteiger partial charge >= 0.3 is 0 Å². The molecule has 0 saturated heterocycles. The van der Waals surface area contributed by atoms with Gasteiger partial charge in [-0.1, -0.05) is 0 Å². The first-order valence-electron chi connectivity index (χ1n) is 6.40. The van der Waals surface area contributed by atoms with Gasteiger partial charge < -0.3 is 15.4 Å². The van der Waals surface area contributed by atoms with Crippen LogP contribution in [0.3, 0.4) is 0 Å². The second-order valence-electron chi connectivity index (χ2n) is 4.52. The van der Waals surface area contributed by atoms with Crippen molar-refractivity contribution >= 4 is 22.6 Å². The number of nitrogens with one attached hydrogen (secondary N) is 2. The Hall–Kier alpha value is -1.99. The number of aromatic nitrogens is 3. The van der Waals surface area contributed by atoms with Crippen molar-refractivity contribution in [3.8, 4) is 0 Å². The Morgan fingerprint density at radius 1 is 1.50 bits per heavy atom. The van der Waals surface area contributed by atoms with Crippen LogP contribution in [-0.2, 0) is 16.6 Å². The smallest absolute Gasteiger partial charge is 0.238 e. The summed E-state index contributed by atoms with van der Waals surface area (Å²) < 4.78 is 6.62. The van der Waals surface area contributed by atoms with Gasteiger partial charge in [-0.2, -0.15) is 5.10 Å². The van der Waals surface area contributed by atoms with Gasteiger partial charge in [0.25, 0.3) is 0 Å². The van der Waals surface area contributed by atoms with Crippen molar-refractivity contribution in [3.63, 3.8) is 0 Å². The highest BCUT2D eigenvalue weighted by molar-refractivity contribution is 5.94. The summed E-state index contributed by atoms with van der Waals surface area (Å²) in [4.78, 5) is 16.0. The van der Waals surface area contributed by atoms with E-state index in [4.69, 9.17) is 4.74 Å². The van der Waals surface area contributed by atoms with Crippen LogP contribution in [0, 0.1) is 6.92 Å². The third kappa shape index (κ3) is 3.31. The average molecular weight is 277 g/mol. The molecule has 0 fully saturated rings. The Labute approximate surface area is 117 Å². The fraction of sp³-hybridized carbons (Fsp3) is 0.462. The minimum Gasteiger partial charge on any atom is -0.383 e. The Morgan fingerprint density at radius 2 is 2.30 bits per heavy atom. The molecular formula is C13H19N5O2. The van der Waals surface area contributed by atoms with Crippen molar-refractivity contribution in [2.75, 3.05) is 32.1 Å². The molecule has 0 aliphatic heterocycles. The van der Waals surface area contributed by atoms with Gasteiger partial charge in [-0.15, -0.1) is 0 Å². The molecule has 20 heavy (non-hydrogen) atoms. The van der Waals surface area contributed by atoms with Gasteiger partial charge in [0, 0.05) is 26.1 Å². The van der Waals surface area contributed by atoms with Gasteiger partial charge in [0.1, 0.15) is 0 Å². The number of hydrogen-bond donors (Lipinski definition) is 2. The number of anilines is 1. The molecule has 2 aromatic rings. The van der Waals surface area contributed by atoms with Crippen LogP contribution in [0.4, 0.5) is 5.69 Å². The quantitative estimate of drug-likeness (QED) is 0.749. The summed E-state index contributed by atoms with van der Waals surface area (Å²) in [6.07, 6.45) is 1.64. The van der Waals surface area contributed by atoms with Crippen molar-refractivity contribution < 1.29 is 9.53 Å². The van der Waals surface area contributed by atoms with E-state index in [1.165, 1.54) is 0 Å². The van der Waals surface area contributed by atoms with Crippen LogP contribution in [0.15, 0.2) is 12.3 Å². The zero-order valence-corrected chi connectivity index (χ0v) is 11.9. The Morgan fingerprint density at radius 3 is 3.05 bits per heavy atom. The number of carbonyl (C=O) groups excluding carboxylic acids is 1. The standard InChI is InChI=1S/C13H19N5O2/c1-9-11-6-10(7-15-13(11)18(2)17-9)16-12(19)8-14-4-5-20-3/h6-7,14H,4-5,8H2,1-3H3,(H,16,19). The number of nitrogens with zero attached hydrogens (tertiary/aromatic N) is 3. The molecule has 108 valence electrons. The van der Waals surface area contributed by atoms with Gasteiger partial charge in [0.05, 0.1) is 30.7 Å². The van der Waals surface area contributed by atoms with Gasteiger partial charge in [-0.25, -0.2) is 4.98 Å². The number of amides is 1. The second-order valence-corrected chi connectivity index (χ2v) is 4.52. The molecule has 7 nitrogen and oxygen atoms in total. The predicted octanol–water partition coefficient (Wildman–Crippen LogP) is 0.451. The Kier molecular flexibility index (Phi) is 4.65. The first kappa shape index (κ1) is 14.4. The Balaban J connectivity index is 1.99. The molecule has 0 aliphatic rings. The summed E-state index contributed by atoms with van der Waals surface area (Å²) in [6.45, 7) is 3.38. The van der Waals surface area contributed by atoms with E-state index in [1.54, 1.807) is 18.0 Å². The normalized spacial score (nSPS) is 10.9. The molecule has 7 heteroatoms. The molecule has 0 saturated carbocycles. The molecule has 0 spiro atoms. The average Bonchev–Trinajstić information content (AvgIpc) is 2.70. The van der Waals surface area contributed by atoms with Crippen molar-refractivity contribution in [2.45, 2.75) is 6.92 Å². The fourth-order valence-corrected chi connectivity index (χ4v) is 1.96. The summed E-state index contributed by atoms with van der Waals surface area (Å²) in [6, 6.07) is 1.89. The van der Waals surface area contributed by atoms with Crippen LogP contribution < -0.4 is 10.6 Å². The molecule has 0 aromatic carbocycles. The molecular weight excluding hydrogens is 258 g/mol. The molecule has 0 aliphatic carbocycles. The molecule has 0 radical (unpaired) electrons. The van der Waals surface area contributed by atoms with Crippen LogP contribution in [-0.4, -0.2) is 47.5 Å². The SMILES string of the molecule is COCCNCC(=O)Nc1cnc2c(c1)c(C)nn2C. The number of fused-ring (bicyclic) bond motifs is 1.